The van der Waals surface area contributed by atoms with Crippen molar-refractivity contribution in [2.45, 2.75) is 50.1 Å². The third-order valence-corrected chi connectivity index (χ3v) is 7.02. The summed E-state index contributed by atoms with van der Waals surface area (Å²) in [5, 5.41) is 12.9. The highest BCUT2D eigenvalue weighted by Gasteiger charge is 2.40. The van der Waals surface area contributed by atoms with Gasteiger partial charge in [-0.3, -0.25) is 4.99 Å². The molecule has 0 radical (unpaired) electrons. The predicted molar refractivity (Wildman–Crippen MR) is 130 cm³/mol. The van der Waals surface area contributed by atoms with Gasteiger partial charge in [0.05, 0.1) is 5.56 Å². The van der Waals surface area contributed by atoms with Gasteiger partial charge in [0.15, 0.2) is 0 Å². The molecule has 0 spiro atoms. The lowest BCUT2D eigenvalue weighted by atomic mass is 9.89. The van der Waals surface area contributed by atoms with Crippen LogP contribution in [0, 0.1) is 5.92 Å². The first-order chi connectivity index (χ1) is 15.6. The summed E-state index contributed by atoms with van der Waals surface area (Å²) in [5.74, 6) is 0.432. The van der Waals surface area contributed by atoms with Crippen molar-refractivity contribution in [3.05, 3.63) is 71.3 Å². The maximum atomic E-state index is 11.0. The van der Waals surface area contributed by atoms with Gasteiger partial charge in [-0.1, -0.05) is 42.5 Å². The van der Waals surface area contributed by atoms with Gasteiger partial charge in [-0.15, -0.1) is 0 Å². The van der Waals surface area contributed by atoms with E-state index >= 15 is 0 Å². The second kappa shape index (κ2) is 10.9. The Morgan fingerprint density at radius 2 is 1.88 bits per heavy atom. The first-order valence-electron chi connectivity index (χ1n) is 11.9. The van der Waals surface area contributed by atoms with Crippen molar-refractivity contribution in [2.75, 3.05) is 26.7 Å². The van der Waals surface area contributed by atoms with E-state index in [1.54, 1.807) is 12.1 Å². The smallest absolute Gasteiger partial charge is 0.335 e. The van der Waals surface area contributed by atoms with Crippen molar-refractivity contribution >= 4 is 12.2 Å². The summed E-state index contributed by atoms with van der Waals surface area (Å²) < 4.78 is 0. The molecule has 170 valence electrons. The second-order valence-corrected chi connectivity index (χ2v) is 9.24. The molecule has 2 fully saturated rings. The van der Waals surface area contributed by atoms with Crippen LogP contribution in [-0.4, -0.2) is 61.0 Å². The third kappa shape index (κ3) is 6.05. The Kier molecular flexibility index (Phi) is 7.72. The highest BCUT2D eigenvalue weighted by atomic mass is 16.4. The Hall–Kier alpha value is -2.50. The lowest BCUT2D eigenvalue weighted by Gasteiger charge is -2.35. The Morgan fingerprint density at radius 1 is 1.16 bits per heavy atom. The first kappa shape index (κ1) is 22.7. The number of carboxylic acids is 1. The lowest BCUT2D eigenvalue weighted by Crippen LogP contribution is -2.45. The minimum absolute atomic E-state index is 0.357. The molecule has 2 aliphatic rings. The number of piperidine rings is 1. The molecule has 1 aliphatic heterocycles. The molecule has 5 nitrogen and oxygen atoms in total. The van der Waals surface area contributed by atoms with Crippen molar-refractivity contribution < 1.29 is 9.90 Å². The van der Waals surface area contributed by atoms with E-state index in [2.05, 4.69) is 51.8 Å². The van der Waals surface area contributed by atoms with Crippen LogP contribution in [0.1, 0.15) is 53.1 Å². The molecule has 0 aromatic heterocycles. The van der Waals surface area contributed by atoms with Crippen molar-refractivity contribution in [3.8, 4) is 0 Å². The van der Waals surface area contributed by atoms with Crippen LogP contribution >= 0.6 is 0 Å². The molecule has 1 heterocycles. The van der Waals surface area contributed by atoms with Gasteiger partial charge in [-0.2, -0.15) is 0 Å². The Labute approximate surface area is 191 Å². The predicted octanol–water partition coefficient (Wildman–Crippen LogP) is 4.24. The van der Waals surface area contributed by atoms with Gasteiger partial charge in [-0.25, -0.2) is 4.79 Å². The van der Waals surface area contributed by atoms with Crippen LogP contribution in [0.2, 0.25) is 0 Å². The number of nitrogens with one attached hydrogen (secondary N) is 1. The number of hydrogen-bond donors (Lipinski definition) is 2. The quantitative estimate of drug-likeness (QED) is 0.550. The van der Waals surface area contributed by atoms with Crippen LogP contribution in [0.3, 0.4) is 0 Å². The number of aryl methyl sites for hydroxylation is 1. The van der Waals surface area contributed by atoms with Crippen LogP contribution < -0.4 is 5.32 Å². The molecule has 1 saturated carbocycles. The van der Waals surface area contributed by atoms with Gasteiger partial charge < -0.3 is 15.3 Å². The summed E-state index contributed by atoms with van der Waals surface area (Å²) in [6, 6.07) is 19.1. The number of likely N-dealkylation sites (tertiary alicyclic amines) is 1. The fourth-order valence-corrected chi connectivity index (χ4v) is 5.01. The van der Waals surface area contributed by atoms with Crippen LogP contribution in [-0.2, 0) is 6.42 Å². The third-order valence-electron chi connectivity index (χ3n) is 7.02. The van der Waals surface area contributed by atoms with Crippen LogP contribution in [0.25, 0.3) is 0 Å². The average molecular weight is 434 g/mol. The molecule has 2 aromatic carbocycles. The van der Waals surface area contributed by atoms with Crippen molar-refractivity contribution in [3.63, 3.8) is 0 Å². The summed E-state index contributed by atoms with van der Waals surface area (Å²) in [6.45, 7) is 3.39. The molecule has 1 aliphatic carbocycles. The van der Waals surface area contributed by atoms with Crippen LogP contribution in [0.15, 0.2) is 59.6 Å². The zero-order valence-corrected chi connectivity index (χ0v) is 19.0. The van der Waals surface area contributed by atoms with Crippen molar-refractivity contribution in [1.82, 2.24) is 10.2 Å². The van der Waals surface area contributed by atoms with E-state index in [1.807, 2.05) is 19.2 Å². The molecular formula is C27H35N3O2. The SMILES string of the molecule is CN=CC(N[C@@H]1C[C@H]1c1ccccc1)C1CCN(CCCc2ccc(C(=O)O)cc2)CC1. The zero-order valence-electron chi connectivity index (χ0n) is 19.0. The van der Waals surface area contributed by atoms with Gasteiger partial charge in [-0.05, 0) is 80.9 Å². The minimum atomic E-state index is -0.863. The number of aromatic carboxylic acids is 1. The standard InChI is InChI=1S/C27H35N3O2/c1-28-19-26(29-25-18-24(25)21-7-3-2-4-8-21)22-13-16-30(17-14-22)15-5-6-20-9-11-23(12-10-20)27(31)32/h2-4,7-12,19,22,24-26,29H,5-6,13-18H2,1H3,(H,31,32)/t24-,25+,26?/m0/s1. The van der Waals surface area contributed by atoms with Gasteiger partial charge >= 0.3 is 5.97 Å². The Morgan fingerprint density at radius 3 is 2.53 bits per heavy atom. The van der Waals surface area contributed by atoms with Crippen molar-refractivity contribution in [1.29, 1.82) is 0 Å². The summed E-state index contributed by atoms with van der Waals surface area (Å²) in [6.07, 6.45) is 7.87. The fourth-order valence-electron chi connectivity index (χ4n) is 5.01. The molecule has 0 amide bonds. The van der Waals surface area contributed by atoms with Crippen LogP contribution in [0.4, 0.5) is 0 Å². The Balaban J connectivity index is 1.19. The minimum Gasteiger partial charge on any atom is -0.478 e. The van der Waals surface area contributed by atoms with E-state index in [0.717, 1.165) is 32.5 Å². The molecule has 2 aromatic rings. The molecule has 32 heavy (non-hydrogen) atoms. The van der Waals surface area contributed by atoms with E-state index in [9.17, 15) is 4.79 Å². The summed E-state index contributed by atoms with van der Waals surface area (Å²) in [7, 11) is 1.88. The molecule has 4 rings (SSSR count). The molecule has 3 atom stereocenters. The number of benzene rings is 2. The van der Waals surface area contributed by atoms with Gasteiger partial charge in [0, 0.05) is 31.3 Å². The molecule has 0 bridgehead atoms. The first-order valence-corrected chi connectivity index (χ1v) is 11.9. The molecular weight excluding hydrogens is 398 g/mol. The maximum absolute atomic E-state index is 11.0. The van der Waals surface area contributed by atoms with Crippen LogP contribution in [0.5, 0.6) is 0 Å². The number of nitrogens with zero attached hydrogens (tertiary/aromatic N) is 2. The summed E-state index contributed by atoms with van der Waals surface area (Å²) in [5.41, 5.74) is 3.02. The monoisotopic (exact) mass is 433 g/mol. The lowest BCUT2D eigenvalue weighted by molar-refractivity contribution is 0.0697. The topological polar surface area (TPSA) is 64.9 Å². The molecule has 2 N–H and O–H groups in total. The number of hydrogen-bond acceptors (Lipinski definition) is 4. The second-order valence-electron chi connectivity index (χ2n) is 9.24. The van der Waals surface area contributed by atoms with E-state index in [0.29, 0.717) is 29.5 Å². The molecule has 1 saturated heterocycles. The molecule has 1 unspecified atom stereocenters. The Bertz CT molecular complexity index is 889. The maximum Gasteiger partial charge on any atom is 0.335 e. The number of aliphatic imine (C=N–C) groups is 1. The largest absolute Gasteiger partial charge is 0.478 e. The summed E-state index contributed by atoms with van der Waals surface area (Å²) >= 11 is 0. The van der Waals surface area contributed by atoms with E-state index < -0.39 is 5.97 Å². The zero-order chi connectivity index (χ0) is 22.3. The van der Waals surface area contributed by atoms with E-state index in [-0.39, 0.29) is 0 Å². The van der Waals surface area contributed by atoms with Gasteiger partial charge in [0.1, 0.15) is 0 Å². The summed E-state index contributed by atoms with van der Waals surface area (Å²) in [4.78, 5) is 17.9. The number of rotatable bonds is 10. The van der Waals surface area contributed by atoms with E-state index in [1.165, 1.54) is 30.4 Å². The highest BCUT2D eigenvalue weighted by molar-refractivity contribution is 5.87. The van der Waals surface area contributed by atoms with Gasteiger partial charge in [0.25, 0.3) is 0 Å². The molecule has 5 heteroatoms. The number of carboxylic acid groups (broad SMARTS) is 1. The van der Waals surface area contributed by atoms with Gasteiger partial charge in [0.2, 0.25) is 0 Å². The fraction of sp³-hybridized carbons (Fsp3) is 0.481. The normalized spacial score (nSPS) is 22.8. The number of carbonyl (C=O) groups is 1. The van der Waals surface area contributed by atoms with E-state index in [4.69, 9.17) is 5.11 Å². The highest BCUT2D eigenvalue weighted by Crippen LogP contribution is 2.41. The average Bonchev–Trinajstić information content (AvgIpc) is 3.59. The van der Waals surface area contributed by atoms with Crippen molar-refractivity contribution in [2.24, 2.45) is 10.9 Å².